The van der Waals surface area contributed by atoms with Crippen LogP contribution in [0.2, 0.25) is 0 Å². The minimum absolute atomic E-state index is 0.00486. The van der Waals surface area contributed by atoms with E-state index in [0.29, 0.717) is 23.3 Å². The Hall–Kier alpha value is -1.75. The van der Waals surface area contributed by atoms with Crippen molar-refractivity contribution in [2.75, 3.05) is 34.3 Å². The van der Waals surface area contributed by atoms with Crippen molar-refractivity contribution in [3.8, 4) is 11.5 Å². The van der Waals surface area contributed by atoms with Crippen molar-refractivity contribution in [1.82, 2.24) is 9.80 Å². The number of carbonyl (C=O) groups excluding carboxylic acids is 1. The molecule has 0 saturated carbocycles. The Kier molecular flexibility index (Phi) is 4.18. The summed E-state index contributed by atoms with van der Waals surface area (Å²) >= 11 is 0. The van der Waals surface area contributed by atoms with Gasteiger partial charge < -0.3 is 19.6 Å². The molecule has 1 aromatic carbocycles. The molecule has 5 nitrogen and oxygen atoms in total. The highest BCUT2D eigenvalue weighted by Crippen LogP contribution is 2.28. The highest BCUT2D eigenvalue weighted by molar-refractivity contribution is 5.95. The van der Waals surface area contributed by atoms with E-state index in [4.69, 9.17) is 4.74 Å². The van der Waals surface area contributed by atoms with Crippen molar-refractivity contribution < 1.29 is 14.6 Å². The molecule has 1 N–H and O–H groups in total. The van der Waals surface area contributed by atoms with E-state index in [2.05, 4.69) is 11.8 Å². The second-order valence-electron chi connectivity index (χ2n) is 5.61. The number of phenols is 1. The zero-order valence-electron chi connectivity index (χ0n) is 12.5. The summed E-state index contributed by atoms with van der Waals surface area (Å²) in [6, 6.07) is 5.15. The van der Waals surface area contributed by atoms with Crippen LogP contribution in [0.15, 0.2) is 18.2 Å². The molecule has 1 saturated heterocycles. The smallest absolute Gasteiger partial charge is 0.254 e. The first-order valence-electron chi connectivity index (χ1n) is 6.76. The first-order chi connectivity index (χ1) is 9.43. The number of likely N-dealkylation sites (tertiary alicyclic amines) is 1. The third-order valence-electron chi connectivity index (χ3n) is 3.95. The molecule has 20 heavy (non-hydrogen) atoms. The molecule has 0 aromatic heterocycles. The standard InChI is InChI=1S/C15H22N2O3/c1-10-8-17(9-12(10)16(2)3)15(19)11-5-6-14(20-4)13(18)7-11/h5-7,10,12,18H,8-9H2,1-4H3. The largest absolute Gasteiger partial charge is 0.504 e. The molecule has 1 fully saturated rings. The number of benzene rings is 1. The van der Waals surface area contributed by atoms with Gasteiger partial charge >= 0.3 is 0 Å². The number of amides is 1. The van der Waals surface area contributed by atoms with E-state index in [0.717, 1.165) is 13.1 Å². The van der Waals surface area contributed by atoms with Crippen LogP contribution in [0.3, 0.4) is 0 Å². The van der Waals surface area contributed by atoms with Gasteiger partial charge in [0.2, 0.25) is 0 Å². The Labute approximate surface area is 119 Å². The van der Waals surface area contributed by atoms with Crippen LogP contribution < -0.4 is 4.74 Å². The van der Waals surface area contributed by atoms with Crippen LogP contribution in [0.25, 0.3) is 0 Å². The highest BCUT2D eigenvalue weighted by atomic mass is 16.5. The quantitative estimate of drug-likeness (QED) is 0.908. The Balaban J connectivity index is 2.14. The lowest BCUT2D eigenvalue weighted by atomic mass is 10.1. The van der Waals surface area contributed by atoms with Crippen LogP contribution in [0.5, 0.6) is 11.5 Å². The number of phenolic OH excluding ortho intramolecular Hbond substituents is 1. The van der Waals surface area contributed by atoms with Gasteiger partial charge in [0.15, 0.2) is 11.5 Å². The molecule has 1 aliphatic rings. The Morgan fingerprint density at radius 3 is 2.60 bits per heavy atom. The van der Waals surface area contributed by atoms with Gasteiger partial charge in [0, 0.05) is 24.7 Å². The fraction of sp³-hybridized carbons (Fsp3) is 0.533. The lowest BCUT2D eigenvalue weighted by Crippen LogP contribution is -2.35. The molecule has 1 aliphatic heterocycles. The number of methoxy groups -OCH3 is 1. The predicted octanol–water partition coefficient (Wildman–Crippen LogP) is 1.42. The van der Waals surface area contributed by atoms with E-state index >= 15 is 0 Å². The number of carbonyl (C=O) groups is 1. The molecule has 2 rings (SSSR count). The maximum atomic E-state index is 12.5. The zero-order valence-corrected chi connectivity index (χ0v) is 12.5. The minimum Gasteiger partial charge on any atom is -0.504 e. The number of hydrogen-bond acceptors (Lipinski definition) is 4. The summed E-state index contributed by atoms with van der Waals surface area (Å²) in [6.45, 7) is 3.62. The number of aromatic hydroxyl groups is 1. The molecule has 0 spiro atoms. The van der Waals surface area contributed by atoms with E-state index in [1.54, 1.807) is 12.1 Å². The van der Waals surface area contributed by atoms with Gasteiger partial charge in [-0.1, -0.05) is 6.92 Å². The average molecular weight is 278 g/mol. The molecular weight excluding hydrogens is 256 g/mol. The Morgan fingerprint density at radius 2 is 2.10 bits per heavy atom. The SMILES string of the molecule is COc1ccc(C(=O)N2CC(C)C(N(C)C)C2)cc1O. The second-order valence-corrected chi connectivity index (χ2v) is 5.61. The zero-order chi connectivity index (χ0) is 14.9. The molecule has 2 unspecified atom stereocenters. The monoisotopic (exact) mass is 278 g/mol. The van der Waals surface area contributed by atoms with E-state index in [9.17, 15) is 9.90 Å². The van der Waals surface area contributed by atoms with E-state index in [-0.39, 0.29) is 11.7 Å². The maximum absolute atomic E-state index is 12.5. The van der Waals surface area contributed by atoms with Gasteiger partial charge in [0.1, 0.15) is 0 Å². The van der Waals surface area contributed by atoms with Gasteiger partial charge in [-0.2, -0.15) is 0 Å². The molecule has 110 valence electrons. The fourth-order valence-corrected chi connectivity index (χ4v) is 2.79. The highest BCUT2D eigenvalue weighted by Gasteiger charge is 2.34. The lowest BCUT2D eigenvalue weighted by molar-refractivity contribution is 0.0781. The van der Waals surface area contributed by atoms with Gasteiger partial charge in [0.25, 0.3) is 5.91 Å². The van der Waals surface area contributed by atoms with Crippen LogP contribution in [0.4, 0.5) is 0 Å². The number of likely N-dealkylation sites (N-methyl/N-ethyl adjacent to an activating group) is 1. The lowest BCUT2D eigenvalue weighted by Gasteiger charge is -2.22. The van der Waals surface area contributed by atoms with Crippen LogP contribution >= 0.6 is 0 Å². The van der Waals surface area contributed by atoms with Crippen molar-refractivity contribution in [1.29, 1.82) is 0 Å². The molecule has 0 radical (unpaired) electrons. The Morgan fingerprint density at radius 1 is 1.40 bits per heavy atom. The van der Waals surface area contributed by atoms with Crippen LogP contribution in [0, 0.1) is 5.92 Å². The first-order valence-corrected chi connectivity index (χ1v) is 6.76. The van der Waals surface area contributed by atoms with Crippen LogP contribution in [-0.4, -0.2) is 61.2 Å². The van der Waals surface area contributed by atoms with Crippen molar-refractivity contribution in [3.63, 3.8) is 0 Å². The number of nitrogens with zero attached hydrogens (tertiary/aromatic N) is 2. The van der Waals surface area contributed by atoms with Gasteiger partial charge in [0.05, 0.1) is 7.11 Å². The molecule has 0 aliphatic carbocycles. The molecule has 1 aromatic rings. The van der Waals surface area contributed by atoms with E-state index in [1.807, 2.05) is 19.0 Å². The first kappa shape index (κ1) is 14.7. The van der Waals surface area contributed by atoms with E-state index in [1.165, 1.54) is 13.2 Å². The topological polar surface area (TPSA) is 53.0 Å². The van der Waals surface area contributed by atoms with Crippen molar-refractivity contribution in [2.24, 2.45) is 5.92 Å². The predicted molar refractivity (Wildman–Crippen MR) is 77.2 cm³/mol. The summed E-state index contributed by atoms with van der Waals surface area (Å²) in [6.07, 6.45) is 0. The maximum Gasteiger partial charge on any atom is 0.254 e. The molecular formula is C15H22N2O3. The minimum atomic E-state index is -0.0425. The van der Waals surface area contributed by atoms with Crippen molar-refractivity contribution >= 4 is 5.91 Å². The number of hydrogen-bond donors (Lipinski definition) is 1. The summed E-state index contributed by atoms with van der Waals surface area (Å²) < 4.78 is 4.99. The molecule has 1 heterocycles. The molecule has 2 atom stereocenters. The number of ether oxygens (including phenoxy) is 1. The summed E-state index contributed by atoms with van der Waals surface area (Å²) in [5.41, 5.74) is 0.495. The van der Waals surface area contributed by atoms with Crippen molar-refractivity contribution in [3.05, 3.63) is 23.8 Å². The fourth-order valence-electron chi connectivity index (χ4n) is 2.79. The van der Waals surface area contributed by atoms with Gasteiger partial charge in [-0.3, -0.25) is 4.79 Å². The summed E-state index contributed by atoms with van der Waals surface area (Å²) in [4.78, 5) is 16.5. The number of rotatable bonds is 3. The van der Waals surface area contributed by atoms with Crippen molar-refractivity contribution in [2.45, 2.75) is 13.0 Å². The average Bonchev–Trinajstić information content (AvgIpc) is 2.80. The third-order valence-corrected chi connectivity index (χ3v) is 3.95. The normalized spacial score (nSPS) is 22.4. The molecule has 1 amide bonds. The third kappa shape index (κ3) is 2.72. The van der Waals surface area contributed by atoms with Crippen LogP contribution in [-0.2, 0) is 0 Å². The Bertz CT molecular complexity index is 502. The van der Waals surface area contributed by atoms with E-state index < -0.39 is 0 Å². The molecule has 0 bridgehead atoms. The molecule has 5 heteroatoms. The summed E-state index contributed by atoms with van der Waals surface area (Å²) in [5, 5.41) is 9.77. The second kappa shape index (κ2) is 5.71. The van der Waals surface area contributed by atoms with Gasteiger partial charge in [-0.05, 0) is 38.2 Å². The van der Waals surface area contributed by atoms with Gasteiger partial charge in [-0.15, -0.1) is 0 Å². The van der Waals surface area contributed by atoms with Crippen LogP contribution in [0.1, 0.15) is 17.3 Å². The summed E-state index contributed by atoms with van der Waals surface area (Å²) in [7, 11) is 5.56. The van der Waals surface area contributed by atoms with Gasteiger partial charge in [-0.25, -0.2) is 0 Å². The summed E-state index contributed by atoms with van der Waals surface area (Å²) in [5.74, 6) is 0.775.